The first-order chi connectivity index (χ1) is 12.0. The molecule has 6 heteroatoms. The number of halogens is 1. The maximum Gasteiger partial charge on any atom is 0.410 e. The van der Waals surface area contributed by atoms with Crippen molar-refractivity contribution >= 4 is 29.3 Å². The van der Waals surface area contributed by atoms with E-state index in [-0.39, 0.29) is 5.91 Å². The first-order valence-electron chi connectivity index (χ1n) is 8.01. The number of nitrogens with zero attached hydrogens (tertiary/aromatic N) is 1. The van der Waals surface area contributed by atoms with Gasteiger partial charge in [0.25, 0.3) is 5.91 Å². The summed E-state index contributed by atoms with van der Waals surface area (Å²) >= 11 is 6.13. The highest BCUT2D eigenvalue weighted by Gasteiger charge is 2.36. The van der Waals surface area contributed by atoms with Gasteiger partial charge in [-0.3, -0.25) is 9.69 Å². The molecule has 0 bridgehead atoms. The number of ether oxygens (including phenoxy) is 1. The van der Waals surface area contributed by atoms with Gasteiger partial charge in [-0.15, -0.1) is 0 Å². The maximum atomic E-state index is 13.0. The predicted octanol–water partition coefficient (Wildman–Crippen LogP) is 3.95. The van der Waals surface area contributed by atoms with E-state index in [0.717, 1.165) is 16.7 Å². The van der Waals surface area contributed by atoms with Gasteiger partial charge >= 0.3 is 6.09 Å². The van der Waals surface area contributed by atoms with E-state index in [4.69, 9.17) is 16.3 Å². The summed E-state index contributed by atoms with van der Waals surface area (Å²) in [6, 6.07) is 12.2. The minimum atomic E-state index is -0.740. The Morgan fingerprint density at radius 3 is 2.72 bits per heavy atom. The van der Waals surface area contributed by atoms with Crippen molar-refractivity contribution in [3.63, 3.8) is 0 Å². The SMILES string of the molecule is COC(=O)N1CCc2ccccc2[C@@H]1C(=O)Nc1cccc(Cl)c1C. The van der Waals surface area contributed by atoms with Crippen LogP contribution >= 0.6 is 11.6 Å². The normalized spacial score (nSPS) is 16.1. The van der Waals surface area contributed by atoms with Gasteiger partial charge in [-0.05, 0) is 42.2 Å². The van der Waals surface area contributed by atoms with Gasteiger partial charge in [0.15, 0.2) is 0 Å². The van der Waals surface area contributed by atoms with Crippen molar-refractivity contribution in [3.8, 4) is 0 Å². The van der Waals surface area contributed by atoms with Crippen molar-refractivity contribution in [2.75, 3.05) is 19.0 Å². The highest BCUT2D eigenvalue weighted by molar-refractivity contribution is 6.31. The molecule has 0 fully saturated rings. The molecule has 1 N–H and O–H groups in total. The van der Waals surface area contributed by atoms with Crippen molar-refractivity contribution in [1.82, 2.24) is 4.90 Å². The lowest BCUT2D eigenvalue weighted by Crippen LogP contribution is -2.45. The Hall–Kier alpha value is -2.53. The van der Waals surface area contributed by atoms with Crippen LogP contribution in [0.1, 0.15) is 22.7 Å². The van der Waals surface area contributed by atoms with Crippen LogP contribution < -0.4 is 5.32 Å². The van der Waals surface area contributed by atoms with Crippen LogP contribution in [0, 0.1) is 6.92 Å². The molecular formula is C19H19ClN2O3. The highest BCUT2D eigenvalue weighted by Crippen LogP contribution is 2.32. The average molecular weight is 359 g/mol. The van der Waals surface area contributed by atoms with Gasteiger partial charge < -0.3 is 10.1 Å². The summed E-state index contributed by atoms with van der Waals surface area (Å²) < 4.78 is 4.86. The molecule has 1 aliphatic rings. The lowest BCUT2D eigenvalue weighted by atomic mass is 9.92. The third-order valence-corrected chi connectivity index (χ3v) is 4.88. The molecule has 3 rings (SSSR count). The molecule has 1 aliphatic heterocycles. The lowest BCUT2D eigenvalue weighted by molar-refractivity contribution is -0.121. The van der Waals surface area contributed by atoms with Gasteiger partial charge in [0.05, 0.1) is 7.11 Å². The molecule has 130 valence electrons. The number of hydrogen-bond acceptors (Lipinski definition) is 3. The number of amides is 2. The Morgan fingerprint density at radius 2 is 1.96 bits per heavy atom. The molecule has 0 radical (unpaired) electrons. The van der Waals surface area contributed by atoms with E-state index in [9.17, 15) is 9.59 Å². The number of carbonyl (C=O) groups is 2. The van der Waals surface area contributed by atoms with E-state index >= 15 is 0 Å². The molecule has 1 heterocycles. The Balaban J connectivity index is 1.97. The van der Waals surface area contributed by atoms with Gasteiger partial charge in [-0.1, -0.05) is 41.9 Å². The number of benzene rings is 2. The Morgan fingerprint density at radius 1 is 1.20 bits per heavy atom. The first kappa shape index (κ1) is 17.3. The van der Waals surface area contributed by atoms with Crippen molar-refractivity contribution < 1.29 is 14.3 Å². The predicted molar refractivity (Wildman–Crippen MR) is 96.8 cm³/mol. The van der Waals surface area contributed by atoms with Crippen LogP contribution in [0.15, 0.2) is 42.5 Å². The number of fused-ring (bicyclic) bond motifs is 1. The summed E-state index contributed by atoms with van der Waals surface area (Å²) in [7, 11) is 1.32. The molecule has 2 amide bonds. The lowest BCUT2D eigenvalue weighted by Gasteiger charge is -2.35. The fraction of sp³-hybridized carbons (Fsp3) is 0.263. The second-order valence-corrected chi connectivity index (χ2v) is 6.32. The third kappa shape index (κ3) is 3.33. The average Bonchev–Trinajstić information content (AvgIpc) is 2.63. The van der Waals surface area contributed by atoms with E-state index in [1.54, 1.807) is 18.2 Å². The largest absolute Gasteiger partial charge is 0.453 e. The summed E-state index contributed by atoms with van der Waals surface area (Å²) in [5, 5.41) is 3.47. The van der Waals surface area contributed by atoms with Crippen molar-refractivity contribution in [3.05, 3.63) is 64.2 Å². The molecule has 1 atom stereocenters. The highest BCUT2D eigenvalue weighted by atomic mass is 35.5. The summed E-state index contributed by atoms with van der Waals surface area (Å²) in [4.78, 5) is 26.6. The molecule has 0 spiro atoms. The number of anilines is 1. The van der Waals surface area contributed by atoms with Gasteiger partial charge in [0, 0.05) is 17.3 Å². The fourth-order valence-electron chi connectivity index (χ4n) is 3.11. The zero-order valence-electron chi connectivity index (χ0n) is 14.1. The number of nitrogens with one attached hydrogen (secondary N) is 1. The smallest absolute Gasteiger partial charge is 0.410 e. The fourth-order valence-corrected chi connectivity index (χ4v) is 3.28. The second kappa shape index (κ2) is 7.15. The molecule has 5 nitrogen and oxygen atoms in total. The van der Waals surface area contributed by atoms with E-state index in [1.807, 2.05) is 31.2 Å². The summed E-state index contributed by atoms with van der Waals surface area (Å²) in [6.45, 7) is 2.27. The number of methoxy groups -OCH3 is 1. The van der Waals surface area contributed by atoms with Crippen LogP contribution in [0.2, 0.25) is 5.02 Å². The number of carbonyl (C=O) groups excluding carboxylic acids is 2. The molecule has 2 aromatic rings. The number of hydrogen-bond donors (Lipinski definition) is 1. The molecule has 25 heavy (non-hydrogen) atoms. The summed E-state index contributed by atoms with van der Waals surface area (Å²) in [6.07, 6.45) is 0.170. The monoisotopic (exact) mass is 358 g/mol. The van der Waals surface area contributed by atoms with Gasteiger partial charge in [0.2, 0.25) is 0 Å². The Labute approximate surface area is 151 Å². The summed E-state index contributed by atoms with van der Waals surface area (Å²) in [5.74, 6) is -0.289. The van der Waals surface area contributed by atoms with Crippen LogP contribution in [0.4, 0.5) is 10.5 Å². The van der Waals surface area contributed by atoms with Crippen molar-refractivity contribution in [2.24, 2.45) is 0 Å². The minimum absolute atomic E-state index is 0.289. The van der Waals surface area contributed by atoms with Crippen LogP contribution in [-0.2, 0) is 16.0 Å². The topological polar surface area (TPSA) is 58.6 Å². The molecule has 0 saturated carbocycles. The molecular weight excluding hydrogens is 340 g/mol. The summed E-state index contributed by atoms with van der Waals surface area (Å²) in [5.41, 5.74) is 3.29. The standard InChI is InChI=1S/C19H19ClN2O3/c1-12-15(20)8-5-9-16(12)21-18(23)17-14-7-4-3-6-13(14)10-11-22(17)19(24)25-2/h3-9,17H,10-11H2,1-2H3,(H,21,23)/t17-/m1/s1. The third-order valence-electron chi connectivity index (χ3n) is 4.47. The molecule has 0 saturated heterocycles. The quantitative estimate of drug-likeness (QED) is 0.884. The van der Waals surface area contributed by atoms with Crippen LogP contribution in [-0.4, -0.2) is 30.6 Å². The van der Waals surface area contributed by atoms with Gasteiger partial charge in [0.1, 0.15) is 6.04 Å². The van der Waals surface area contributed by atoms with Gasteiger partial charge in [-0.2, -0.15) is 0 Å². The molecule has 0 aliphatic carbocycles. The van der Waals surface area contributed by atoms with Crippen LogP contribution in [0.5, 0.6) is 0 Å². The van der Waals surface area contributed by atoms with Crippen LogP contribution in [0.3, 0.4) is 0 Å². The molecule has 0 aromatic heterocycles. The van der Waals surface area contributed by atoms with Gasteiger partial charge in [-0.25, -0.2) is 4.79 Å². The van der Waals surface area contributed by atoms with Crippen LogP contribution in [0.25, 0.3) is 0 Å². The second-order valence-electron chi connectivity index (χ2n) is 5.92. The zero-order chi connectivity index (χ0) is 18.0. The van der Waals surface area contributed by atoms with E-state index in [0.29, 0.717) is 23.7 Å². The first-order valence-corrected chi connectivity index (χ1v) is 8.39. The van der Waals surface area contributed by atoms with E-state index < -0.39 is 12.1 Å². The van der Waals surface area contributed by atoms with E-state index in [2.05, 4.69) is 5.32 Å². The van der Waals surface area contributed by atoms with Crippen molar-refractivity contribution in [2.45, 2.75) is 19.4 Å². The minimum Gasteiger partial charge on any atom is -0.453 e. The maximum absolute atomic E-state index is 13.0. The van der Waals surface area contributed by atoms with E-state index in [1.165, 1.54) is 12.0 Å². The molecule has 2 aromatic carbocycles. The number of rotatable bonds is 2. The Bertz CT molecular complexity index is 822. The molecule has 0 unspecified atom stereocenters. The van der Waals surface area contributed by atoms with Crippen molar-refractivity contribution in [1.29, 1.82) is 0 Å². The Kier molecular flexibility index (Phi) is 4.95. The zero-order valence-corrected chi connectivity index (χ0v) is 14.8.